The van der Waals surface area contributed by atoms with Crippen LogP contribution < -0.4 is 4.57 Å². The molecule has 0 unspecified atom stereocenters. The lowest BCUT2D eigenvalue weighted by Gasteiger charge is -2.14. The molecule has 0 fully saturated rings. The second kappa shape index (κ2) is 5.77. The van der Waals surface area contributed by atoms with Crippen molar-refractivity contribution in [1.29, 1.82) is 0 Å². The fraction of sp³-hybridized carbons (Fsp3) is 0.286. The minimum Gasteiger partial charge on any atom is -0.207 e. The lowest BCUT2D eigenvalue weighted by Crippen LogP contribution is -2.30. The second-order valence-corrected chi connectivity index (χ2v) is 6.67. The van der Waals surface area contributed by atoms with Gasteiger partial charge in [0.2, 0.25) is 5.69 Å². The smallest absolute Gasteiger partial charge is 0.207 e. The molecule has 0 atom stereocenters. The predicted molar refractivity (Wildman–Crippen MR) is 94.1 cm³/mol. The Labute approximate surface area is 137 Å². The third-order valence-corrected chi connectivity index (χ3v) is 4.71. The van der Waals surface area contributed by atoms with Gasteiger partial charge in [0.25, 0.3) is 0 Å². The Morgan fingerprint density at radius 2 is 1.74 bits per heavy atom. The van der Waals surface area contributed by atoms with Gasteiger partial charge in [-0.25, -0.2) is 8.96 Å². The molecule has 0 saturated carbocycles. The molecular formula is C21H23FN+. The number of benzene rings is 2. The third kappa shape index (κ3) is 2.74. The Bertz CT molecular complexity index is 894. The highest BCUT2D eigenvalue weighted by Crippen LogP contribution is 2.32. The van der Waals surface area contributed by atoms with Crippen LogP contribution in [0.3, 0.4) is 0 Å². The van der Waals surface area contributed by atoms with Crippen LogP contribution in [0.2, 0.25) is 0 Å². The first-order valence-electron chi connectivity index (χ1n) is 8.08. The topological polar surface area (TPSA) is 3.88 Å². The van der Waals surface area contributed by atoms with Crippen LogP contribution >= 0.6 is 0 Å². The van der Waals surface area contributed by atoms with Crippen molar-refractivity contribution < 1.29 is 8.96 Å². The van der Waals surface area contributed by atoms with Crippen molar-refractivity contribution in [3.8, 4) is 11.3 Å². The van der Waals surface area contributed by atoms with Crippen LogP contribution in [0, 0.1) is 19.7 Å². The standard InChI is InChI=1S/C21H23FN/c1-13(2)17-10-14(3)15(4)20(12-17)21-19-7-6-18(22)11-16(19)8-9-23(21)5/h6-13H,1-5H3/q+1. The summed E-state index contributed by atoms with van der Waals surface area (Å²) in [6.45, 7) is 8.76. The lowest BCUT2D eigenvalue weighted by atomic mass is 9.91. The predicted octanol–water partition coefficient (Wildman–Crippen LogP) is 5.21. The summed E-state index contributed by atoms with van der Waals surface area (Å²) in [5, 5.41) is 2.02. The maximum absolute atomic E-state index is 13.6. The van der Waals surface area contributed by atoms with E-state index in [1.165, 1.54) is 22.3 Å². The quantitative estimate of drug-likeness (QED) is 0.572. The molecule has 3 rings (SSSR count). The van der Waals surface area contributed by atoms with E-state index in [0.29, 0.717) is 5.92 Å². The zero-order chi connectivity index (χ0) is 16.7. The van der Waals surface area contributed by atoms with Crippen molar-refractivity contribution in [3.63, 3.8) is 0 Å². The molecular weight excluding hydrogens is 285 g/mol. The number of aryl methyl sites for hydroxylation is 2. The molecule has 0 spiro atoms. The van der Waals surface area contributed by atoms with Crippen molar-refractivity contribution in [2.75, 3.05) is 0 Å². The van der Waals surface area contributed by atoms with Crippen molar-refractivity contribution in [2.45, 2.75) is 33.6 Å². The van der Waals surface area contributed by atoms with Crippen LogP contribution in [0.1, 0.15) is 36.5 Å². The number of nitrogens with zero attached hydrogens (tertiary/aromatic N) is 1. The number of hydrogen-bond acceptors (Lipinski definition) is 0. The van der Waals surface area contributed by atoms with Gasteiger partial charge in [-0.3, -0.25) is 0 Å². The van der Waals surface area contributed by atoms with E-state index in [9.17, 15) is 4.39 Å². The number of halogens is 1. The maximum Gasteiger partial charge on any atom is 0.220 e. The van der Waals surface area contributed by atoms with Gasteiger partial charge in [0.05, 0.1) is 10.9 Å². The fourth-order valence-electron chi connectivity index (χ4n) is 3.15. The van der Waals surface area contributed by atoms with E-state index in [1.54, 1.807) is 12.1 Å². The number of pyridine rings is 1. The Morgan fingerprint density at radius 1 is 1.00 bits per heavy atom. The molecule has 118 valence electrons. The normalized spacial score (nSPS) is 11.4. The number of rotatable bonds is 2. The molecule has 0 bridgehead atoms. The van der Waals surface area contributed by atoms with Crippen LogP contribution in [-0.4, -0.2) is 0 Å². The van der Waals surface area contributed by atoms with Gasteiger partial charge in [-0.1, -0.05) is 19.9 Å². The van der Waals surface area contributed by atoms with E-state index < -0.39 is 0 Å². The molecule has 0 radical (unpaired) electrons. The van der Waals surface area contributed by atoms with Crippen LogP contribution in [0.5, 0.6) is 0 Å². The highest BCUT2D eigenvalue weighted by molar-refractivity contribution is 5.93. The maximum atomic E-state index is 13.6. The average Bonchev–Trinajstić information content (AvgIpc) is 2.50. The van der Waals surface area contributed by atoms with Crippen molar-refractivity contribution >= 4 is 10.8 Å². The minimum absolute atomic E-state index is 0.193. The van der Waals surface area contributed by atoms with Gasteiger partial charge in [-0.15, -0.1) is 0 Å². The van der Waals surface area contributed by atoms with Crippen LogP contribution in [0.25, 0.3) is 22.0 Å². The Hall–Kier alpha value is -2.22. The Morgan fingerprint density at radius 3 is 2.43 bits per heavy atom. The van der Waals surface area contributed by atoms with E-state index in [2.05, 4.69) is 51.4 Å². The largest absolute Gasteiger partial charge is 0.220 e. The van der Waals surface area contributed by atoms with Gasteiger partial charge < -0.3 is 0 Å². The lowest BCUT2D eigenvalue weighted by molar-refractivity contribution is -0.659. The molecule has 23 heavy (non-hydrogen) atoms. The minimum atomic E-state index is -0.193. The van der Waals surface area contributed by atoms with Crippen LogP contribution in [-0.2, 0) is 7.05 Å². The average molecular weight is 308 g/mol. The Balaban J connectivity index is 2.39. The summed E-state index contributed by atoms with van der Waals surface area (Å²) >= 11 is 0. The summed E-state index contributed by atoms with van der Waals surface area (Å²) < 4.78 is 15.7. The van der Waals surface area contributed by atoms with Gasteiger partial charge in [-0.2, -0.15) is 0 Å². The molecule has 0 aliphatic carbocycles. The van der Waals surface area contributed by atoms with Gasteiger partial charge in [-0.05, 0) is 66.1 Å². The first-order valence-corrected chi connectivity index (χ1v) is 8.08. The van der Waals surface area contributed by atoms with Gasteiger partial charge in [0, 0.05) is 6.07 Å². The highest BCUT2D eigenvalue weighted by Gasteiger charge is 2.19. The molecule has 2 heteroatoms. The molecule has 3 aromatic rings. The van der Waals surface area contributed by atoms with Crippen molar-refractivity contribution in [1.82, 2.24) is 0 Å². The summed E-state index contributed by atoms with van der Waals surface area (Å²) in [5.41, 5.74) is 6.29. The van der Waals surface area contributed by atoms with Gasteiger partial charge in [0.1, 0.15) is 12.9 Å². The molecule has 1 aromatic heterocycles. The van der Waals surface area contributed by atoms with E-state index in [-0.39, 0.29) is 5.82 Å². The zero-order valence-electron chi connectivity index (χ0n) is 14.4. The molecule has 0 N–H and O–H groups in total. The van der Waals surface area contributed by atoms with E-state index in [1.807, 2.05) is 18.3 Å². The number of fused-ring (bicyclic) bond motifs is 1. The SMILES string of the molecule is Cc1cc(C(C)C)cc(-c2c3ccc(F)cc3cc[n+]2C)c1C. The molecule has 1 nitrogen and oxygen atoms in total. The summed E-state index contributed by atoms with van der Waals surface area (Å²) in [5.74, 6) is 0.284. The summed E-state index contributed by atoms with van der Waals surface area (Å²) in [4.78, 5) is 0. The summed E-state index contributed by atoms with van der Waals surface area (Å²) in [6.07, 6.45) is 2.01. The monoisotopic (exact) mass is 308 g/mol. The molecule has 0 aliphatic rings. The molecule has 1 heterocycles. The molecule has 2 aromatic carbocycles. The third-order valence-electron chi connectivity index (χ3n) is 4.71. The first-order chi connectivity index (χ1) is 10.9. The fourth-order valence-corrected chi connectivity index (χ4v) is 3.15. The van der Waals surface area contributed by atoms with Gasteiger partial charge >= 0.3 is 0 Å². The van der Waals surface area contributed by atoms with Crippen molar-refractivity contribution in [3.05, 3.63) is 65.1 Å². The Kier molecular flexibility index (Phi) is 3.93. The highest BCUT2D eigenvalue weighted by atomic mass is 19.1. The summed E-state index contributed by atoms with van der Waals surface area (Å²) in [7, 11) is 2.05. The molecule has 0 aliphatic heterocycles. The molecule has 0 amide bonds. The zero-order valence-corrected chi connectivity index (χ0v) is 14.4. The molecule has 0 saturated heterocycles. The van der Waals surface area contributed by atoms with E-state index in [4.69, 9.17) is 0 Å². The van der Waals surface area contributed by atoms with Crippen LogP contribution in [0.15, 0.2) is 42.6 Å². The first kappa shape index (κ1) is 15.7. The van der Waals surface area contributed by atoms with Crippen LogP contribution in [0.4, 0.5) is 4.39 Å². The number of hydrogen-bond donors (Lipinski definition) is 0. The van der Waals surface area contributed by atoms with E-state index in [0.717, 1.165) is 16.5 Å². The van der Waals surface area contributed by atoms with E-state index >= 15 is 0 Å². The van der Waals surface area contributed by atoms with Crippen molar-refractivity contribution in [2.24, 2.45) is 7.05 Å². The summed E-state index contributed by atoms with van der Waals surface area (Å²) in [6, 6.07) is 11.6. The second-order valence-electron chi connectivity index (χ2n) is 6.67. The van der Waals surface area contributed by atoms with Gasteiger partial charge in [0.15, 0.2) is 6.20 Å². The number of aromatic nitrogens is 1.